The summed E-state index contributed by atoms with van der Waals surface area (Å²) in [6.07, 6.45) is 2.23. The number of fused-ring (bicyclic) bond motifs is 1. The van der Waals surface area contributed by atoms with Crippen molar-refractivity contribution >= 4 is 22.6 Å². The Hall–Kier alpha value is -3.21. The number of ether oxygens (including phenoxy) is 1. The fraction of sp³-hybridized carbons (Fsp3) is 0.333. The minimum absolute atomic E-state index is 0.140. The molecule has 5 heteroatoms. The van der Waals surface area contributed by atoms with Crippen LogP contribution in [-0.2, 0) is 27.2 Å². The Balaban J connectivity index is 1.58. The highest BCUT2D eigenvalue weighted by Gasteiger charge is 2.27. The lowest BCUT2D eigenvalue weighted by Crippen LogP contribution is -2.39. The Morgan fingerprint density at radius 1 is 1.03 bits per heavy atom. The van der Waals surface area contributed by atoms with Gasteiger partial charge in [-0.1, -0.05) is 42.5 Å². The summed E-state index contributed by atoms with van der Waals surface area (Å²) >= 11 is 0. The monoisotopic (exact) mass is 433 g/mol. The number of benzene rings is 3. The van der Waals surface area contributed by atoms with Gasteiger partial charge in [-0.25, -0.2) is 4.39 Å². The second-order valence-electron chi connectivity index (χ2n) is 8.51. The number of halogens is 1. The van der Waals surface area contributed by atoms with Crippen molar-refractivity contribution in [3.8, 4) is 0 Å². The van der Waals surface area contributed by atoms with E-state index in [0.717, 1.165) is 45.9 Å². The molecule has 1 saturated heterocycles. The molecule has 3 aromatic carbocycles. The number of hydrogen-bond donors (Lipinski definition) is 0. The van der Waals surface area contributed by atoms with Gasteiger partial charge >= 0.3 is 5.97 Å². The number of carbonyl (C=O) groups is 2. The van der Waals surface area contributed by atoms with Gasteiger partial charge in [-0.05, 0) is 70.8 Å². The van der Waals surface area contributed by atoms with E-state index < -0.39 is 0 Å². The van der Waals surface area contributed by atoms with Gasteiger partial charge in [0.1, 0.15) is 5.82 Å². The first-order chi connectivity index (χ1) is 15.5. The fourth-order valence-corrected chi connectivity index (χ4v) is 4.80. The third kappa shape index (κ3) is 4.67. The molecule has 166 valence electrons. The van der Waals surface area contributed by atoms with Crippen LogP contribution < -0.4 is 0 Å². The summed E-state index contributed by atoms with van der Waals surface area (Å²) in [5, 5.41) is 1.82. The molecule has 0 atom stereocenters. The van der Waals surface area contributed by atoms with E-state index in [4.69, 9.17) is 4.74 Å². The van der Waals surface area contributed by atoms with Crippen LogP contribution in [-0.4, -0.2) is 37.0 Å². The van der Waals surface area contributed by atoms with Gasteiger partial charge in [-0.3, -0.25) is 9.59 Å². The van der Waals surface area contributed by atoms with Crippen LogP contribution in [0.15, 0.2) is 54.6 Å². The van der Waals surface area contributed by atoms with Crippen LogP contribution in [0.3, 0.4) is 0 Å². The Bertz CT molecular complexity index is 1130. The average Bonchev–Trinajstić information content (AvgIpc) is 2.80. The minimum atomic E-state index is -0.290. The molecule has 0 unspecified atom stereocenters. The number of nitrogens with zero attached hydrogens (tertiary/aromatic N) is 1. The summed E-state index contributed by atoms with van der Waals surface area (Å²) in [4.78, 5) is 26.7. The second-order valence-corrected chi connectivity index (χ2v) is 8.51. The Labute approximate surface area is 188 Å². The first kappa shape index (κ1) is 22.0. The zero-order valence-corrected chi connectivity index (χ0v) is 18.6. The van der Waals surface area contributed by atoms with E-state index in [0.29, 0.717) is 19.5 Å². The molecule has 4 rings (SSSR count). The summed E-state index contributed by atoms with van der Waals surface area (Å²) in [6.45, 7) is 3.35. The number of piperidine rings is 1. The van der Waals surface area contributed by atoms with E-state index in [-0.39, 0.29) is 30.0 Å². The average molecular weight is 434 g/mol. The van der Waals surface area contributed by atoms with E-state index in [1.807, 2.05) is 48.2 Å². The van der Waals surface area contributed by atoms with Crippen molar-refractivity contribution in [3.05, 3.63) is 82.7 Å². The number of esters is 1. The molecule has 0 N–H and O–H groups in total. The van der Waals surface area contributed by atoms with Gasteiger partial charge in [-0.15, -0.1) is 0 Å². The zero-order chi connectivity index (χ0) is 22.7. The van der Waals surface area contributed by atoms with Gasteiger partial charge in [0.25, 0.3) is 0 Å². The van der Waals surface area contributed by atoms with E-state index in [2.05, 4.69) is 0 Å². The molecule has 1 aliphatic heterocycles. The van der Waals surface area contributed by atoms with Gasteiger partial charge < -0.3 is 9.64 Å². The first-order valence-electron chi connectivity index (χ1n) is 11.1. The van der Waals surface area contributed by atoms with Crippen molar-refractivity contribution in [2.75, 3.05) is 20.2 Å². The molecule has 0 spiro atoms. The Morgan fingerprint density at radius 3 is 2.44 bits per heavy atom. The lowest BCUT2D eigenvalue weighted by atomic mass is 9.81. The first-order valence-corrected chi connectivity index (χ1v) is 11.1. The Morgan fingerprint density at radius 2 is 1.75 bits per heavy atom. The molecular weight excluding hydrogens is 405 g/mol. The summed E-state index contributed by atoms with van der Waals surface area (Å²) in [7, 11) is 1.39. The summed E-state index contributed by atoms with van der Waals surface area (Å²) in [6, 6.07) is 16.6. The molecule has 4 nitrogen and oxygen atoms in total. The lowest BCUT2D eigenvalue weighted by Gasteiger charge is -2.34. The molecule has 1 amide bonds. The highest BCUT2D eigenvalue weighted by Crippen LogP contribution is 2.37. The molecule has 1 heterocycles. The predicted octanol–water partition coefficient (Wildman–Crippen LogP) is 4.95. The quantitative estimate of drug-likeness (QED) is 0.535. The van der Waals surface area contributed by atoms with Crippen LogP contribution in [0.2, 0.25) is 0 Å². The Kier molecular flexibility index (Phi) is 6.54. The fourth-order valence-electron chi connectivity index (χ4n) is 4.80. The van der Waals surface area contributed by atoms with Gasteiger partial charge in [-0.2, -0.15) is 0 Å². The van der Waals surface area contributed by atoms with Crippen LogP contribution in [0.5, 0.6) is 0 Å². The van der Waals surface area contributed by atoms with Crippen LogP contribution >= 0.6 is 0 Å². The zero-order valence-electron chi connectivity index (χ0n) is 18.6. The third-order valence-electron chi connectivity index (χ3n) is 6.54. The molecule has 0 aliphatic carbocycles. The van der Waals surface area contributed by atoms with Gasteiger partial charge in [0.05, 0.1) is 20.0 Å². The molecule has 32 heavy (non-hydrogen) atoms. The third-order valence-corrected chi connectivity index (χ3v) is 6.54. The van der Waals surface area contributed by atoms with Crippen LogP contribution in [0.25, 0.3) is 10.8 Å². The molecule has 3 aromatic rings. The number of hydrogen-bond acceptors (Lipinski definition) is 3. The van der Waals surface area contributed by atoms with Crippen LogP contribution in [0.4, 0.5) is 4.39 Å². The van der Waals surface area contributed by atoms with E-state index >= 15 is 0 Å². The van der Waals surface area contributed by atoms with Crippen molar-refractivity contribution in [1.29, 1.82) is 0 Å². The maximum absolute atomic E-state index is 14.1. The van der Waals surface area contributed by atoms with E-state index in [9.17, 15) is 14.0 Å². The highest BCUT2D eigenvalue weighted by molar-refractivity contribution is 5.89. The van der Waals surface area contributed by atoms with Gasteiger partial charge in [0.2, 0.25) is 5.91 Å². The summed E-state index contributed by atoms with van der Waals surface area (Å²) in [5.41, 5.74) is 4.04. The second kappa shape index (κ2) is 9.51. The number of carbonyl (C=O) groups excluding carboxylic acids is 2. The minimum Gasteiger partial charge on any atom is -0.469 e. The molecule has 0 radical (unpaired) electrons. The topological polar surface area (TPSA) is 46.6 Å². The molecule has 0 bridgehead atoms. The van der Waals surface area contributed by atoms with Crippen LogP contribution in [0, 0.1) is 12.7 Å². The normalized spacial score (nSPS) is 14.5. The molecule has 1 aliphatic rings. The number of amides is 1. The van der Waals surface area contributed by atoms with E-state index in [1.165, 1.54) is 13.2 Å². The predicted molar refractivity (Wildman–Crippen MR) is 123 cm³/mol. The van der Waals surface area contributed by atoms with Crippen LogP contribution in [0.1, 0.15) is 41.0 Å². The van der Waals surface area contributed by atoms with Crippen molar-refractivity contribution in [3.63, 3.8) is 0 Å². The number of methoxy groups -OCH3 is 1. The highest BCUT2D eigenvalue weighted by atomic mass is 19.1. The SMILES string of the molecule is COC(=O)Cc1cc2ccc(F)cc2c(C2CCN(C(=O)Cc3ccccc3)CC2)c1C. The molecular formula is C27H28FNO3. The number of likely N-dealkylation sites (tertiary alicyclic amines) is 1. The van der Waals surface area contributed by atoms with Crippen molar-refractivity contribution in [1.82, 2.24) is 4.90 Å². The molecule has 0 saturated carbocycles. The maximum Gasteiger partial charge on any atom is 0.309 e. The summed E-state index contributed by atoms with van der Waals surface area (Å²) in [5.74, 6) is -0.212. The molecule has 1 fully saturated rings. The standard InChI is InChI=1S/C27H28FNO3/c1-18-22(16-26(31)32-2)15-21-8-9-23(28)17-24(21)27(18)20-10-12-29(13-11-20)25(30)14-19-6-4-3-5-7-19/h3-9,15,17,20H,10-14,16H2,1-2H3. The van der Waals surface area contributed by atoms with Gasteiger partial charge in [0, 0.05) is 13.1 Å². The van der Waals surface area contributed by atoms with E-state index in [1.54, 1.807) is 12.1 Å². The molecule has 0 aromatic heterocycles. The largest absolute Gasteiger partial charge is 0.469 e. The van der Waals surface area contributed by atoms with Gasteiger partial charge in [0.15, 0.2) is 0 Å². The van der Waals surface area contributed by atoms with Crippen molar-refractivity contribution < 1.29 is 18.7 Å². The smallest absolute Gasteiger partial charge is 0.309 e. The summed E-state index contributed by atoms with van der Waals surface area (Å²) < 4.78 is 19.0. The number of rotatable bonds is 5. The maximum atomic E-state index is 14.1. The van der Waals surface area contributed by atoms with Crippen molar-refractivity contribution in [2.45, 2.75) is 38.5 Å². The lowest BCUT2D eigenvalue weighted by molar-refractivity contribution is -0.139. The van der Waals surface area contributed by atoms with Crippen molar-refractivity contribution in [2.24, 2.45) is 0 Å².